The number of carbonyl (C=O) groups excluding carboxylic acids is 2. The molecule has 5 heteroatoms. The van der Waals surface area contributed by atoms with Gasteiger partial charge in [-0.25, -0.2) is 4.98 Å². The molecule has 1 aliphatic rings. The zero-order chi connectivity index (χ0) is 14.1. The third-order valence-corrected chi connectivity index (χ3v) is 3.42. The molecular formula is C15H9BrN2O2. The van der Waals surface area contributed by atoms with Gasteiger partial charge in [0.15, 0.2) is 5.78 Å². The molecule has 0 aliphatic heterocycles. The standard InChI is InChI=1S/C15H9BrN2O2/c16-9-5-6-14(17-8-9)18-12-7-13(19)10-3-1-2-4-11(10)15(12)20/h1-8H,(H,17,18). The van der Waals surface area contributed by atoms with Gasteiger partial charge in [-0.1, -0.05) is 24.3 Å². The highest BCUT2D eigenvalue weighted by Crippen LogP contribution is 2.22. The predicted octanol–water partition coefficient (Wildman–Crippen LogP) is 3.22. The zero-order valence-electron chi connectivity index (χ0n) is 10.3. The summed E-state index contributed by atoms with van der Waals surface area (Å²) in [6.45, 7) is 0. The Kier molecular flexibility index (Phi) is 3.20. The van der Waals surface area contributed by atoms with Crippen molar-refractivity contribution in [2.75, 3.05) is 5.32 Å². The average molecular weight is 329 g/mol. The van der Waals surface area contributed by atoms with Crippen LogP contribution < -0.4 is 5.32 Å². The summed E-state index contributed by atoms with van der Waals surface area (Å²) in [6, 6.07) is 10.3. The zero-order valence-corrected chi connectivity index (χ0v) is 11.8. The summed E-state index contributed by atoms with van der Waals surface area (Å²) in [5.41, 5.74) is 1.09. The Bertz CT molecular complexity index is 736. The van der Waals surface area contributed by atoms with Gasteiger partial charge in [-0.05, 0) is 28.1 Å². The largest absolute Gasteiger partial charge is 0.337 e. The van der Waals surface area contributed by atoms with Crippen LogP contribution in [0.25, 0.3) is 0 Å². The van der Waals surface area contributed by atoms with Gasteiger partial charge >= 0.3 is 0 Å². The van der Waals surface area contributed by atoms with Gasteiger partial charge < -0.3 is 5.32 Å². The van der Waals surface area contributed by atoms with Crippen LogP contribution in [0.2, 0.25) is 0 Å². The molecule has 0 bridgehead atoms. The number of hydrogen-bond donors (Lipinski definition) is 1. The van der Waals surface area contributed by atoms with Gasteiger partial charge in [-0.15, -0.1) is 0 Å². The first-order valence-corrected chi connectivity index (χ1v) is 6.73. The van der Waals surface area contributed by atoms with Crippen molar-refractivity contribution in [1.29, 1.82) is 0 Å². The Morgan fingerprint density at radius 2 is 1.75 bits per heavy atom. The van der Waals surface area contributed by atoms with Gasteiger partial charge in [-0.3, -0.25) is 9.59 Å². The summed E-state index contributed by atoms with van der Waals surface area (Å²) < 4.78 is 0.841. The van der Waals surface area contributed by atoms with E-state index in [1.54, 1.807) is 42.6 Å². The molecule has 98 valence electrons. The minimum atomic E-state index is -0.204. The first-order valence-electron chi connectivity index (χ1n) is 5.93. The smallest absolute Gasteiger partial charge is 0.210 e. The van der Waals surface area contributed by atoms with Crippen LogP contribution in [0.15, 0.2) is 58.8 Å². The van der Waals surface area contributed by atoms with Crippen molar-refractivity contribution in [2.24, 2.45) is 0 Å². The van der Waals surface area contributed by atoms with Gasteiger partial charge in [0, 0.05) is 27.9 Å². The van der Waals surface area contributed by atoms with E-state index in [-0.39, 0.29) is 17.3 Å². The molecule has 1 aromatic heterocycles. The highest BCUT2D eigenvalue weighted by atomic mass is 79.9. The van der Waals surface area contributed by atoms with Gasteiger partial charge in [-0.2, -0.15) is 0 Å². The number of pyridine rings is 1. The monoisotopic (exact) mass is 328 g/mol. The van der Waals surface area contributed by atoms with E-state index >= 15 is 0 Å². The maximum atomic E-state index is 12.3. The lowest BCUT2D eigenvalue weighted by Crippen LogP contribution is -2.21. The molecule has 1 N–H and O–H groups in total. The fraction of sp³-hybridized carbons (Fsp3) is 0. The summed E-state index contributed by atoms with van der Waals surface area (Å²) in [5.74, 6) is 0.129. The molecule has 0 amide bonds. The molecule has 1 heterocycles. The first kappa shape index (κ1) is 12.7. The van der Waals surface area contributed by atoms with Crippen LogP contribution in [0, 0.1) is 0 Å². The van der Waals surface area contributed by atoms with Crippen LogP contribution >= 0.6 is 15.9 Å². The van der Waals surface area contributed by atoms with Gasteiger partial charge in [0.25, 0.3) is 0 Å². The van der Waals surface area contributed by atoms with Gasteiger partial charge in [0.05, 0.1) is 5.70 Å². The van der Waals surface area contributed by atoms with Gasteiger partial charge in [0.2, 0.25) is 5.78 Å². The van der Waals surface area contributed by atoms with Crippen LogP contribution in [0.1, 0.15) is 20.7 Å². The second-order valence-corrected chi connectivity index (χ2v) is 5.20. The Morgan fingerprint density at radius 3 is 2.45 bits per heavy atom. The van der Waals surface area contributed by atoms with E-state index in [0.29, 0.717) is 16.9 Å². The summed E-state index contributed by atoms with van der Waals surface area (Å²) >= 11 is 3.29. The molecule has 0 saturated carbocycles. The summed E-state index contributed by atoms with van der Waals surface area (Å²) in [4.78, 5) is 28.4. The van der Waals surface area contributed by atoms with Crippen molar-refractivity contribution in [2.45, 2.75) is 0 Å². The number of benzene rings is 1. The first-order chi connectivity index (χ1) is 9.65. The molecule has 0 fully saturated rings. The molecule has 1 aliphatic carbocycles. The van der Waals surface area contributed by atoms with E-state index in [4.69, 9.17) is 0 Å². The molecule has 2 aromatic rings. The van der Waals surface area contributed by atoms with Crippen molar-refractivity contribution >= 4 is 33.3 Å². The maximum Gasteiger partial charge on any atom is 0.210 e. The third-order valence-electron chi connectivity index (χ3n) is 2.95. The van der Waals surface area contributed by atoms with Crippen LogP contribution in [-0.4, -0.2) is 16.6 Å². The van der Waals surface area contributed by atoms with E-state index in [9.17, 15) is 9.59 Å². The van der Waals surface area contributed by atoms with E-state index in [1.807, 2.05) is 0 Å². The number of carbonyl (C=O) groups is 2. The lowest BCUT2D eigenvalue weighted by molar-refractivity contribution is 0.0985. The molecule has 0 unspecified atom stereocenters. The fourth-order valence-corrected chi connectivity index (χ4v) is 2.23. The number of nitrogens with one attached hydrogen (secondary N) is 1. The molecular weight excluding hydrogens is 320 g/mol. The summed E-state index contributed by atoms with van der Waals surface area (Å²) in [7, 11) is 0. The van der Waals surface area contributed by atoms with E-state index in [1.165, 1.54) is 6.08 Å². The molecule has 4 nitrogen and oxygen atoms in total. The molecule has 0 saturated heterocycles. The Hall–Kier alpha value is -2.27. The quantitative estimate of drug-likeness (QED) is 0.919. The molecule has 0 radical (unpaired) electrons. The van der Waals surface area contributed by atoms with Crippen LogP contribution in [-0.2, 0) is 0 Å². The number of fused-ring (bicyclic) bond motifs is 1. The summed E-state index contributed by atoms with van der Waals surface area (Å²) in [5, 5.41) is 2.89. The SMILES string of the molecule is O=C1C=C(Nc2ccc(Br)cn2)C(=O)c2ccccc21. The number of nitrogens with zero attached hydrogens (tertiary/aromatic N) is 1. The Balaban J connectivity index is 1.94. The highest BCUT2D eigenvalue weighted by Gasteiger charge is 2.25. The van der Waals surface area contributed by atoms with Crippen molar-refractivity contribution < 1.29 is 9.59 Å². The van der Waals surface area contributed by atoms with Crippen LogP contribution in [0.3, 0.4) is 0 Å². The Morgan fingerprint density at radius 1 is 1.00 bits per heavy atom. The van der Waals surface area contributed by atoms with Crippen molar-refractivity contribution in [1.82, 2.24) is 4.98 Å². The number of halogens is 1. The highest BCUT2D eigenvalue weighted by molar-refractivity contribution is 9.10. The number of Topliss-reactive ketones (excluding diaryl/α,β-unsaturated/α-hetero) is 1. The third kappa shape index (κ3) is 2.28. The van der Waals surface area contributed by atoms with Crippen molar-refractivity contribution in [3.05, 3.63) is 70.0 Å². The lowest BCUT2D eigenvalue weighted by atomic mass is 9.93. The average Bonchev–Trinajstić information content (AvgIpc) is 2.47. The van der Waals surface area contributed by atoms with E-state index < -0.39 is 0 Å². The molecule has 20 heavy (non-hydrogen) atoms. The predicted molar refractivity (Wildman–Crippen MR) is 78.7 cm³/mol. The number of rotatable bonds is 2. The Labute approximate surface area is 123 Å². The maximum absolute atomic E-state index is 12.3. The van der Waals surface area contributed by atoms with Crippen molar-refractivity contribution in [3.8, 4) is 0 Å². The molecule has 3 rings (SSSR count). The topological polar surface area (TPSA) is 59.1 Å². The number of ketones is 2. The molecule has 1 aromatic carbocycles. The minimum Gasteiger partial charge on any atom is -0.337 e. The van der Waals surface area contributed by atoms with E-state index in [2.05, 4.69) is 26.2 Å². The second kappa shape index (κ2) is 5.02. The number of anilines is 1. The molecule has 0 spiro atoms. The molecule has 0 atom stereocenters. The minimum absolute atomic E-state index is 0.181. The van der Waals surface area contributed by atoms with Gasteiger partial charge in [0.1, 0.15) is 5.82 Å². The summed E-state index contributed by atoms with van der Waals surface area (Å²) in [6.07, 6.45) is 2.93. The number of allylic oxidation sites excluding steroid dienone is 2. The van der Waals surface area contributed by atoms with Crippen LogP contribution in [0.5, 0.6) is 0 Å². The normalized spacial score (nSPS) is 13.8. The van der Waals surface area contributed by atoms with Crippen LogP contribution in [0.4, 0.5) is 5.82 Å². The van der Waals surface area contributed by atoms with Crippen molar-refractivity contribution in [3.63, 3.8) is 0 Å². The number of hydrogen-bond acceptors (Lipinski definition) is 4. The fourth-order valence-electron chi connectivity index (χ4n) is 2.00. The number of aromatic nitrogens is 1. The lowest BCUT2D eigenvalue weighted by Gasteiger charge is -2.15. The second-order valence-electron chi connectivity index (χ2n) is 4.28. The van der Waals surface area contributed by atoms with E-state index in [0.717, 1.165) is 4.47 Å².